The summed E-state index contributed by atoms with van der Waals surface area (Å²) in [6.07, 6.45) is 6.53. The van der Waals surface area contributed by atoms with Crippen LogP contribution in [0.2, 0.25) is 0 Å². The molecule has 0 amide bonds. The first-order valence-electron chi connectivity index (χ1n) is 5.72. The first-order chi connectivity index (χ1) is 8.77. The molecule has 5 heteroatoms. The van der Waals surface area contributed by atoms with Gasteiger partial charge in [-0.15, -0.1) is 0 Å². The summed E-state index contributed by atoms with van der Waals surface area (Å²) in [7, 11) is 0. The summed E-state index contributed by atoms with van der Waals surface area (Å²) in [5.74, 6) is 0. The van der Waals surface area contributed by atoms with Gasteiger partial charge in [0, 0.05) is 18.0 Å². The fourth-order valence-electron chi connectivity index (χ4n) is 2.23. The highest BCUT2D eigenvalue weighted by atomic mass is 16.1. The van der Waals surface area contributed by atoms with E-state index in [0.29, 0.717) is 0 Å². The van der Waals surface area contributed by atoms with Crippen LogP contribution in [0.5, 0.6) is 0 Å². The maximum absolute atomic E-state index is 11.7. The van der Waals surface area contributed by atoms with E-state index < -0.39 is 5.54 Å². The van der Waals surface area contributed by atoms with E-state index in [9.17, 15) is 9.59 Å². The van der Waals surface area contributed by atoms with Crippen LogP contribution in [0.4, 0.5) is 0 Å². The Morgan fingerprint density at radius 1 is 1.33 bits per heavy atom. The van der Waals surface area contributed by atoms with E-state index >= 15 is 0 Å². The topological polar surface area (TPSA) is 67.2 Å². The quantitative estimate of drug-likeness (QED) is 0.653. The third-order valence-corrected chi connectivity index (χ3v) is 3.30. The van der Waals surface area contributed by atoms with Crippen molar-refractivity contribution >= 4 is 6.08 Å². The molecule has 0 unspecified atom stereocenters. The molecule has 0 saturated heterocycles. The van der Waals surface area contributed by atoms with Gasteiger partial charge in [-0.05, 0) is 18.9 Å². The van der Waals surface area contributed by atoms with Crippen molar-refractivity contribution in [1.82, 2.24) is 9.55 Å². The number of aromatic nitrogens is 2. The molecule has 1 aromatic heterocycles. The summed E-state index contributed by atoms with van der Waals surface area (Å²) in [5, 5.41) is 0. The minimum Gasteiger partial charge on any atom is -0.312 e. The lowest BCUT2D eigenvalue weighted by Crippen LogP contribution is -2.18. The van der Waals surface area contributed by atoms with Crippen LogP contribution in [0.1, 0.15) is 18.4 Å². The number of H-pyrrole nitrogens is 1. The number of nitrogens with zero attached hydrogens (tertiary/aromatic N) is 2. The molecule has 2 aromatic rings. The molecule has 0 aliphatic heterocycles. The van der Waals surface area contributed by atoms with E-state index in [1.165, 1.54) is 4.57 Å². The third-order valence-electron chi connectivity index (χ3n) is 3.30. The third kappa shape index (κ3) is 1.53. The van der Waals surface area contributed by atoms with Crippen molar-refractivity contribution < 1.29 is 4.79 Å². The molecule has 90 valence electrons. The highest BCUT2D eigenvalue weighted by Gasteiger charge is 2.46. The number of aromatic amines is 1. The molecular formula is C13H11N3O2. The Balaban J connectivity index is 2.21. The minimum absolute atomic E-state index is 0.201. The smallest absolute Gasteiger partial charge is 0.312 e. The zero-order chi connectivity index (χ0) is 12.6. The summed E-state index contributed by atoms with van der Waals surface area (Å²) in [4.78, 5) is 28.7. The second kappa shape index (κ2) is 3.82. The maximum atomic E-state index is 11.7. The standard InChI is InChI=1S/C13H11N3O2/c17-9-15-13(5-6-13)10-3-1-2-4-11(10)16-8-7-14-12(16)18/h1-4,7-8H,5-6H2,(H,14,18). The number of nitrogens with one attached hydrogen (secondary N) is 1. The number of hydrogen-bond acceptors (Lipinski definition) is 3. The van der Waals surface area contributed by atoms with Crippen LogP contribution in [0.3, 0.4) is 0 Å². The molecule has 1 N–H and O–H groups in total. The zero-order valence-corrected chi connectivity index (χ0v) is 9.59. The maximum Gasteiger partial charge on any atom is 0.330 e. The molecular weight excluding hydrogens is 230 g/mol. The zero-order valence-electron chi connectivity index (χ0n) is 9.59. The molecule has 0 bridgehead atoms. The van der Waals surface area contributed by atoms with Gasteiger partial charge in [0.1, 0.15) is 5.54 Å². The Bertz CT molecular complexity index is 688. The van der Waals surface area contributed by atoms with Gasteiger partial charge < -0.3 is 4.98 Å². The lowest BCUT2D eigenvalue weighted by atomic mass is 10.0. The molecule has 5 nitrogen and oxygen atoms in total. The van der Waals surface area contributed by atoms with Gasteiger partial charge in [0.15, 0.2) is 0 Å². The Hall–Kier alpha value is -2.39. The fourth-order valence-corrected chi connectivity index (χ4v) is 2.23. The monoisotopic (exact) mass is 241 g/mol. The molecule has 1 aromatic carbocycles. The van der Waals surface area contributed by atoms with E-state index in [2.05, 4.69) is 9.98 Å². The van der Waals surface area contributed by atoms with E-state index in [-0.39, 0.29) is 5.69 Å². The Morgan fingerprint density at radius 2 is 2.11 bits per heavy atom. The summed E-state index contributed by atoms with van der Waals surface area (Å²) in [6, 6.07) is 7.50. The molecule has 1 saturated carbocycles. The molecule has 0 atom stereocenters. The van der Waals surface area contributed by atoms with Gasteiger partial charge in [-0.3, -0.25) is 4.57 Å². The average Bonchev–Trinajstić information content (AvgIpc) is 3.04. The van der Waals surface area contributed by atoms with E-state index in [4.69, 9.17) is 0 Å². The first kappa shape index (κ1) is 10.7. The van der Waals surface area contributed by atoms with Crippen LogP contribution >= 0.6 is 0 Å². The molecule has 0 spiro atoms. The summed E-state index contributed by atoms with van der Waals surface area (Å²) >= 11 is 0. The predicted molar refractivity (Wildman–Crippen MR) is 65.4 cm³/mol. The van der Waals surface area contributed by atoms with Crippen LogP contribution in [0.15, 0.2) is 46.4 Å². The number of hydrogen-bond donors (Lipinski definition) is 1. The van der Waals surface area contributed by atoms with Crippen molar-refractivity contribution in [2.75, 3.05) is 0 Å². The summed E-state index contributed by atoms with van der Waals surface area (Å²) < 4.78 is 1.52. The van der Waals surface area contributed by atoms with E-state index in [1.807, 2.05) is 24.3 Å². The van der Waals surface area contributed by atoms with Crippen molar-refractivity contribution in [3.8, 4) is 5.69 Å². The molecule has 1 fully saturated rings. The highest BCUT2D eigenvalue weighted by molar-refractivity contribution is 5.50. The predicted octanol–water partition coefficient (Wildman–Crippen LogP) is 1.49. The SMILES string of the molecule is O=C=NC1(c2ccccc2-n2cc[nH]c2=O)CC1. The second-order valence-corrected chi connectivity index (χ2v) is 4.39. The lowest BCUT2D eigenvalue weighted by molar-refractivity contribution is 0.556. The number of carbonyl (C=O) groups excluding carboxylic acids is 1. The van der Waals surface area contributed by atoms with Gasteiger partial charge in [-0.2, -0.15) is 4.99 Å². The number of aliphatic imine (C=N–C) groups is 1. The lowest BCUT2D eigenvalue weighted by Gasteiger charge is -2.14. The van der Waals surface area contributed by atoms with Crippen LogP contribution in [-0.4, -0.2) is 15.6 Å². The molecule has 1 aliphatic rings. The molecule has 18 heavy (non-hydrogen) atoms. The number of benzene rings is 1. The summed E-state index contributed by atoms with van der Waals surface area (Å²) in [6.45, 7) is 0. The number of para-hydroxylation sites is 1. The van der Waals surface area contributed by atoms with E-state index in [0.717, 1.165) is 24.1 Å². The molecule has 3 rings (SSSR count). The van der Waals surface area contributed by atoms with Gasteiger partial charge in [-0.25, -0.2) is 9.59 Å². The summed E-state index contributed by atoms with van der Waals surface area (Å²) in [5.41, 5.74) is 0.985. The molecule has 1 aliphatic carbocycles. The minimum atomic E-state index is -0.477. The van der Waals surface area contributed by atoms with Gasteiger partial charge >= 0.3 is 5.69 Å². The number of imidazole rings is 1. The fraction of sp³-hybridized carbons (Fsp3) is 0.231. The van der Waals surface area contributed by atoms with Gasteiger partial charge in [0.05, 0.1) is 5.69 Å². The van der Waals surface area contributed by atoms with Gasteiger partial charge in [0.25, 0.3) is 0 Å². The van der Waals surface area contributed by atoms with Gasteiger partial charge in [-0.1, -0.05) is 18.2 Å². The Kier molecular flexibility index (Phi) is 2.28. The van der Waals surface area contributed by atoms with Crippen molar-refractivity contribution in [2.45, 2.75) is 18.4 Å². The molecule has 0 radical (unpaired) electrons. The van der Waals surface area contributed by atoms with Crippen molar-refractivity contribution in [1.29, 1.82) is 0 Å². The Morgan fingerprint density at radius 3 is 2.72 bits per heavy atom. The highest BCUT2D eigenvalue weighted by Crippen LogP contribution is 2.50. The number of rotatable bonds is 3. The van der Waals surface area contributed by atoms with Crippen molar-refractivity contribution in [3.63, 3.8) is 0 Å². The van der Waals surface area contributed by atoms with E-state index in [1.54, 1.807) is 18.5 Å². The average molecular weight is 241 g/mol. The van der Waals surface area contributed by atoms with Crippen LogP contribution in [-0.2, 0) is 10.3 Å². The van der Waals surface area contributed by atoms with Crippen molar-refractivity contribution in [2.24, 2.45) is 4.99 Å². The van der Waals surface area contributed by atoms with Crippen LogP contribution in [0, 0.1) is 0 Å². The largest absolute Gasteiger partial charge is 0.330 e. The first-order valence-corrected chi connectivity index (χ1v) is 5.72. The van der Waals surface area contributed by atoms with Crippen molar-refractivity contribution in [3.05, 3.63) is 52.7 Å². The second-order valence-electron chi connectivity index (χ2n) is 4.39. The van der Waals surface area contributed by atoms with Gasteiger partial charge in [0.2, 0.25) is 6.08 Å². The van der Waals surface area contributed by atoms with Crippen LogP contribution < -0.4 is 5.69 Å². The molecule has 1 heterocycles. The Labute approximate surface area is 103 Å². The van der Waals surface area contributed by atoms with Crippen LogP contribution in [0.25, 0.3) is 5.69 Å². The number of isocyanates is 1. The normalized spacial score (nSPS) is 16.0.